The molecule has 0 saturated carbocycles. The number of aromatic nitrogens is 2. The van der Waals surface area contributed by atoms with Crippen molar-refractivity contribution < 1.29 is 14.6 Å². The standard InChI is InChI=1S/C13H11N3O5/c1-21-12(19)7-2-4-8(5-3-7)14-6-9-10(17)15-13(20)16-11(9)18/h2-6H,1H3,(H3,15,16,17,18,20). The molecule has 0 atom stereocenters. The molecule has 8 heteroatoms. The van der Waals surface area contributed by atoms with Gasteiger partial charge in [0.1, 0.15) is 5.56 Å². The number of rotatable bonds is 3. The summed E-state index contributed by atoms with van der Waals surface area (Å²) in [5, 5.41) is 9.47. The monoisotopic (exact) mass is 289 g/mol. The predicted molar refractivity (Wildman–Crippen MR) is 74.4 cm³/mol. The van der Waals surface area contributed by atoms with Crippen molar-refractivity contribution in [3.05, 3.63) is 56.2 Å². The molecule has 0 unspecified atom stereocenters. The van der Waals surface area contributed by atoms with Crippen LogP contribution in [-0.4, -0.2) is 34.4 Å². The van der Waals surface area contributed by atoms with Crippen LogP contribution in [0.2, 0.25) is 0 Å². The zero-order valence-electron chi connectivity index (χ0n) is 10.9. The van der Waals surface area contributed by atoms with Gasteiger partial charge in [0.05, 0.1) is 18.4 Å². The van der Waals surface area contributed by atoms with Crippen LogP contribution in [0.25, 0.3) is 0 Å². The fourth-order valence-electron chi connectivity index (χ4n) is 1.54. The van der Waals surface area contributed by atoms with E-state index < -0.39 is 23.1 Å². The molecule has 0 amide bonds. The Morgan fingerprint density at radius 3 is 2.48 bits per heavy atom. The summed E-state index contributed by atoms with van der Waals surface area (Å²) >= 11 is 0. The molecule has 1 aromatic heterocycles. The van der Waals surface area contributed by atoms with Crippen LogP contribution < -0.4 is 11.2 Å². The van der Waals surface area contributed by atoms with Gasteiger partial charge in [-0.05, 0) is 24.3 Å². The average molecular weight is 289 g/mol. The second-order valence-corrected chi connectivity index (χ2v) is 3.97. The van der Waals surface area contributed by atoms with E-state index in [4.69, 9.17) is 0 Å². The van der Waals surface area contributed by atoms with Gasteiger partial charge in [-0.2, -0.15) is 0 Å². The maximum absolute atomic E-state index is 11.5. The van der Waals surface area contributed by atoms with Crippen LogP contribution >= 0.6 is 0 Å². The summed E-state index contributed by atoms with van der Waals surface area (Å²) in [6.45, 7) is 0. The first-order valence-corrected chi connectivity index (χ1v) is 5.79. The van der Waals surface area contributed by atoms with Crippen LogP contribution in [-0.2, 0) is 4.74 Å². The topological polar surface area (TPSA) is 125 Å². The van der Waals surface area contributed by atoms with Crippen molar-refractivity contribution >= 4 is 17.9 Å². The van der Waals surface area contributed by atoms with Gasteiger partial charge in [-0.3, -0.25) is 19.8 Å². The highest BCUT2D eigenvalue weighted by Gasteiger charge is 2.06. The molecule has 0 aliphatic heterocycles. The molecule has 0 radical (unpaired) electrons. The quantitative estimate of drug-likeness (QED) is 0.554. The highest BCUT2D eigenvalue weighted by atomic mass is 16.5. The largest absolute Gasteiger partial charge is 0.494 e. The van der Waals surface area contributed by atoms with E-state index in [1.807, 2.05) is 9.97 Å². The normalized spacial score (nSPS) is 10.7. The lowest BCUT2D eigenvalue weighted by Gasteiger charge is -1.99. The maximum Gasteiger partial charge on any atom is 0.337 e. The van der Waals surface area contributed by atoms with Crippen LogP contribution in [0.3, 0.4) is 0 Å². The van der Waals surface area contributed by atoms with Gasteiger partial charge in [0.25, 0.3) is 5.56 Å². The van der Waals surface area contributed by atoms with Gasteiger partial charge in [0.15, 0.2) is 0 Å². The summed E-state index contributed by atoms with van der Waals surface area (Å²) in [7, 11) is 1.28. The number of methoxy groups -OCH3 is 1. The van der Waals surface area contributed by atoms with Gasteiger partial charge < -0.3 is 9.84 Å². The number of aromatic hydroxyl groups is 1. The highest BCUT2D eigenvalue weighted by molar-refractivity contribution is 5.90. The highest BCUT2D eigenvalue weighted by Crippen LogP contribution is 2.14. The molecule has 3 N–H and O–H groups in total. The number of benzene rings is 1. The summed E-state index contributed by atoms with van der Waals surface area (Å²) in [6, 6.07) is 6.10. The summed E-state index contributed by atoms with van der Waals surface area (Å²) in [5.74, 6) is -1.04. The minimum Gasteiger partial charge on any atom is -0.494 e. The summed E-state index contributed by atoms with van der Waals surface area (Å²) in [4.78, 5) is 41.6. The molecule has 0 aliphatic carbocycles. The van der Waals surface area contributed by atoms with Crippen molar-refractivity contribution in [2.75, 3.05) is 7.11 Å². The molecule has 0 spiro atoms. The van der Waals surface area contributed by atoms with Crippen LogP contribution in [0.1, 0.15) is 15.9 Å². The Hall–Kier alpha value is -3.16. The first kappa shape index (κ1) is 14.3. The number of aliphatic imine (C=N–C) groups is 1. The first-order chi connectivity index (χ1) is 10.0. The van der Waals surface area contributed by atoms with Crippen LogP contribution in [0.15, 0.2) is 38.8 Å². The molecule has 0 bridgehead atoms. The van der Waals surface area contributed by atoms with Gasteiger partial charge >= 0.3 is 11.7 Å². The number of nitrogens with zero attached hydrogens (tertiary/aromatic N) is 1. The van der Waals surface area contributed by atoms with Crippen LogP contribution in [0, 0.1) is 0 Å². The number of nitrogens with one attached hydrogen (secondary N) is 2. The predicted octanol–water partition coefficient (Wildman–Crippen LogP) is 0.306. The van der Waals surface area contributed by atoms with Crippen LogP contribution in [0.4, 0.5) is 5.69 Å². The van der Waals surface area contributed by atoms with Gasteiger partial charge in [-0.25, -0.2) is 9.59 Å². The average Bonchev–Trinajstić information content (AvgIpc) is 2.46. The van der Waals surface area contributed by atoms with E-state index in [0.29, 0.717) is 11.3 Å². The number of esters is 1. The third kappa shape index (κ3) is 3.24. The SMILES string of the molecule is COC(=O)c1ccc(N=Cc2c(O)[nH]c(=O)[nH]c2=O)cc1. The lowest BCUT2D eigenvalue weighted by atomic mass is 10.2. The molecule has 21 heavy (non-hydrogen) atoms. The minimum atomic E-state index is -0.808. The molecule has 2 aromatic rings. The van der Waals surface area contributed by atoms with Crippen molar-refractivity contribution in [3.8, 4) is 5.88 Å². The summed E-state index contributed by atoms with van der Waals surface area (Å²) in [6.07, 6.45) is 1.11. The maximum atomic E-state index is 11.5. The Kier molecular flexibility index (Phi) is 3.98. The number of aromatic amines is 2. The first-order valence-electron chi connectivity index (χ1n) is 5.79. The number of carbonyl (C=O) groups excluding carboxylic acids is 1. The van der Waals surface area contributed by atoms with Crippen molar-refractivity contribution in [1.82, 2.24) is 9.97 Å². The van der Waals surface area contributed by atoms with Crippen molar-refractivity contribution in [2.24, 2.45) is 4.99 Å². The fourth-order valence-corrected chi connectivity index (χ4v) is 1.54. The molecule has 1 heterocycles. The number of hydrogen-bond donors (Lipinski definition) is 3. The van der Waals surface area contributed by atoms with E-state index in [0.717, 1.165) is 6.21 Å². The summed E-state index contributed by atoms with van der Waals surface area (Å²) < 4.78 is 4.56. The third-order valence-electron chi connectivity index (χ3n) is 2.59. The van der Waals surface area contributed by atoms with Gasteiger partial charge in [-0.1, -0.05) is 0 Å². The summed E-state index contributed by atoms with van der Waals surface area (Å²) in [5.41, 5.74) is -0.927. The van der Waals surface area contributed by atoms with E-state index in [1.54, 1.807) is 12.1 Å². The third-order valence-corrected chi connectivity index (χ3v) is 2.59. The van der Waals surface area contributed by atoms with Crippen molar-refractivity contribution in [2.45, 2.75) is 0 Å². The van der Waals surface area contributed by atoms with Gasteiger partial charge in [0, 0.05) is 6.21 Å². The molecule has 0 fully saturated rings. The van der Waals surface area contributed by atoms with Crippen LogP contribution in [0.5, 0.6) is 5.88 Å². The smallest absolute Gasteiger partial charge is 0.337 e. The van der Waals surface area contributed by atoms with E-state index in [-0.39, 0.29) is 5.56 Å². The molecular formula is C13H11N3O5. The van der Waals surface area contributed by atoms with Gasteiger partial charge in [-0.15, -0.1) is 0 Å². The Morgan fingerprint density at radius 2 is 1.90 bits per heavy atom. The molecule has 0 aliphatic rings. The minimum absolute atomic E-state index is 0.174. The molecule has 1 aromatic carbocycles. The second kappa shape index (κ2) is 5.87. The fraction of sp³-hybridized carbons (Fsp3) is 0.0769. The van der Waals surface area contributed by atoms with E-state index >= 15 is 0 Å². The van der Waals surface area contributed by atoms with Crippen molar-refractivity contribution in [1.29, 1.82) is 0 Å². The second-order valence-electron chi connectivity index (χ2n) is 3.97. The zero-order chi connectivity index (χ0) is 15.4. The molecule has 108 valence electrons. The molecule has 0 saturated heterocycles. The Balaban J connectivity index is 2.28. The van der Waals surface area contributed by atoms with E-state index in [1.165, 1.54) is 19.2 Å². The number of H-pyrrole nitrogens is 2. The molecular weight excluding hydrogens is 278 g/mol. The lowest BCUT2D eigenvalue weighted by Crippen LogP contribution is -2.24. The number of ether oxygens (including phenoxy) is 1. The van der Waals surface area contributed by atoms with E-state index in [9.17, 15) is 19.5 Å². The Morgan fingerprint density at radius 1 is 1.24 bits per heavy atom. The lowest BCUT2D eigenvalue weighted by molar-refractivity contribution is 0.0601. The number of hydrogen-bond acceptors (Lipinski definition) is 6. The number of carbonyl (C=O) groups is 1. The Bertz CT molecular complexity index is 802. The van der Waals surface area contributed by atoms with E-state index in [2.05, 4.69) is 9.73 Å². The van der Waals surface area contributed by atoms with Crippen molar-refractivity contribution in [3.63, 3.8) is 0 Å². The van der Waals surface area contributed by atoms with Gasteiger partial charge in [0.2, 0.25) is 5.88 Å². The molecule has 8 nitrogen and oxygen atoms in total. The Labute approximate surface area is 117 Å². The zero-order valence-corrected chi connectivity index (χ0v) is 10.9. The molecule has 2 rings (SSSR count).